The minimum atomic E-state index is -0.687. The van der Waals surface area contributed by atoms with Crippen molar-refractivity contribution in [2.45, 2.75) is 32.6 Å². The molecule has 2 aliphatic rings. The molecule has 1 saturated carbocycles. The van der Waals surface area contributed by atoms with Gasteiger partial charge in [-0.15, -0.1) is 0 Å². The molecular weight excluding hydrogens is 376 g/mol. The average molecular weight is 407 g/mol. The summed E-state index contributed by atoms with van der Waals surface area (Å²) in [5, 5.41) is 0. The first-order valence-electron chi connectivity index (χ1n) is 10.7. The molecular formula is C25H30N2O3. The van der Waals surface area contributed by atoms with Gasteiger partial charge in [0.05, 0.1) is 12.5 Å². The SMILES string of the molecule is COc1ccc(-c2ccc(C[C@]3(C(N)=O)CCCN(C(=O)[C@@H]4C[C@@H]4C)C3)cc2)cc1. The minimum absolute atomic E-state index is 0.137. The first kappa shape index (κ1) is 20.5. The van der Waals surface area contributed by atoms with Crippen molar-refractivity contribution < 1.29 is 14.3 Å². The highest BCUT2D eigenvalue weighted by Gasteiger charge is 2.47. The van der Waals surface area contributed by atoms with E-state index < -0.39 is 5.41 Å². The van der Waals surface area contributed by atoms with E-state index in [1.54, 1.807) is 7.11 Å². The van der Waals surface area contributed by atoms with Gasteiger partial charge in [-0.3, -0.25) is 9.59 Å². The highest BCUT2D eigenvalue weighted by atomic mass is 16.5. The first-order valence-corrected chi connectivity index (χ1v) is 10.7. The Bertz CT molecular complexity index is 922. The number of amides is 2. The van der Waals surface area contributed by atoms with Crippen molar-refractivity contribution in [2.75, 3.05) is 20.2 Å². The van der Waals surface area contributed by atoms with E-state index in [1.165, 1.54) is 0 Å². The third-order valence-electron chi connectivity index (χ3n) is 6.76. The number of benzene rings is 2. The molecule has 0 unspecified atom stereocenters. The zero-order valence-electron chi connectivity index (χ0n) is 17.8. The number of primary amides is 1. The molecule has 1 saturated heterocycles. The van der Waals surface area contributed by atoms with Gasteiger partial charge in [-0.1, -0.05) is 43.3 Å². The van der Waals surface area contributed by atoms with Crippen molar-refractivity contribution in [1.29, 1.82) is 0 Å². The van der Waals surface area contributed by atoms with E-state index in [2.05, 4.69) is 31.2 Å². The molecule has 0 spiro atoms. The Morgan fingerprint density at radius 2 is 1.70 bits per heavy atom. The van der Waals surface area contributed by atoms with Crippen molar-refractivity contribution in [3.63, 3.8) is 0 Å². The van der Waals surface area contributed by atoms with Gasteiger partial charge in [0.2, 0.25) is 11.8 Å². The van der Waals surface area contributed by atoms with Crippen molar-refractivity contribution >= 4 is 11.8 Å². The third-order valence-corrected chi connectivity index (χ3v) is 6.76. The van der Waals surface area contributed by atoms with E-state index in [-0.39, 0.29) is 17.7 Å². The van der Waals surface area contributed by atoms with Crippen LogP contribution in [0.25, 0.3) is 11.1 Å². The quantitative estimate of drug-likeness (QED) is 0.796. The molecule has 0 bridgehead atoms. The summed E-state index contributed by atoms with van der Waals surface area (Å²) in [7, 11) is 1.66. The van der Waals surface area contributed by atoms with E-state index in [0.717, 1.165) is 48.2 Å². The molecule has 4 rings (SSSR count). The summed E-state index contributed by atoms with van der Waals surface area (Å²) in [6, 6.07) is 16.2. The van der Waals surface area contributed by atoms with E-state index >= 15 is 0 Å². The van der Waals surface area contributed by atoms with Crippen LogP contribution in [0.5, 0.6) is 5.75 Å². The lowest BCUT2D eigenvalue weighted by Gasteiger charge is -2.41. The maximum atomic E-state index is 12.7. The van der Waals surface area contributed by atoms with Crippen LogP contribution >= 0.6 is 0 Å². The second-order valence-corrected chi connectivity index (χ2v) is 8.93. The summed E-state index contributed by atoms with van der Waals surface area (Å²) in [5.41, 5.74) is 8.49. The van der Waals surface area contributed by atoms with Crippen LogP contribution in [-0.4, -0.2) is 36.9 Å². The Balaban J connectivity index is 1.50. The van der Waals surface area contributed by atoms with E-state index in [1.807, 2.05) is 29.2 Å². The zero-order chi connectivity index (χ0) is 21.3. The predicted octanol–water partition coefficient (Wildman–Crippen LogP) is 3.65. The molecule has 158 valence electrons. The Labute approximate surface area is 178 Å². The van der Waals surface area contributed by atoms with Crippen LogP contribution in [0.2, 0.25) is 0 Å². The van der Waals surface area contributed by atoms with Gasteiger partial charge in [-0.2, -0.15) is 0 Å². The van der Waals surface area contributed by atoms with Gasteiger partial charge in [0.25, 0.3) is 0 Å². The number of likely N-dealkylation sites (tertiary alicyclic amines) is 1. The number of piperidine rings is 1. The minimum Gasteiger partial charge on any atom is -0.497 e. The number of hydrogen-bond acceptors (Lipinski definition) is 3. The Hall–Kier alpha value is -2.82. The zero-order valence-corrected chi connectivity index (χ0v) is 17.8. The lowest BCUT2D eigenvalue weighted by atomic mass is 9.74. The molecule has 0 radical (unpaired) electrons. The van der Waals surface area contributed by atoms with Gasteiger partial charge in [-0.25, -0.2) is 0 Å². The van der Waals surface area contributed by atoms with E-state index in [9.17, 15) is 9.59 Å². The summed E-state index contributed by atoms with van der Waals surface area (Å²) < 4.78 is 5.22. The molecule has 30 heavy (non-hydrogen) atoms. The number of methoxy groups -OCH3 is 1. The van der Waals surface area contributed by atoms with Gasteiger partial charge in [0.15, 0.2) is 0 Å². The highest BCUT2D eigenvalue weighted by Crippen LogP contribution is 2.42. The molecule has 2 aromatic carbocycles. The second kappa shape index (κ2) is 8.13. The molecule has 2 amide bonds. The van der Waals surface area contributed by atoms with Crippen LogP contribution < -0.4 is 10.5 Å². The van der Waals surface area contributed by atoms with Crippen molar-refractivity contribution in [3.8, 4) is 16.9 Å². The number of nitrogens with zero attached hydrogens (tertiary/aromatic N) is 1. The molecule has 1 aliphatic heterocycles. The van der Waals surface area contributed by atoms with Crippen molar-refractivity contribution in [3.05, 3.63) is 54.1 Å². The van der Waals surface area contributed by atoms with Crippen LogP contribution in [-0.2, 0) is 16.0 Å². The maximum absolute atomic E-state index is 12.7. The molecule has 2 fully saturated rings. The molecule has 1 aliphatic carbocycles. The first-order chi connectivity index (χ1) is 14.4. The Morgan fingerprint density at radius 3 is 2.23 bits per heavy atom. The smallest absolute Gasteiger partial charge is 0.225 e. The number of nitrogens with two attached hydrogens (primary N) is 1. The lowest BCUT2D eigenvalue weighted by molar-refractivity contribution is -0.141. The Kier molecular flexibility index (Phi) is 5.54. The molecule has 2 N–H and O–H groups in total. The van der Waals surface area contributed by atoms with Crippen molar-refractivity contribution in [1.82, 2.24) is 4.90 Å². The fourth-order valence-corrected chi connectivity index (χ4v) is 4.64. The third kappa shape index (κ3) is 4.07. The lowest BCUT2D eigenvalue weighted by Crippen LogP contribution is -2.53. The van der Waals surface area contributed by atoms with Gasteiger partial charge in [0.1, 0.15) is 5.75 Å². The molecule has 5 heteroatoms. The summed E-state index contributed by atoms with van der Waals surface area (Å²) in [6.07, 6.45) is 3.08. The van der Waals surface area contributed by atoms with Crippen LogP contribution in [0.3, 0.4) is 0 Å². The van der Waals surface area contributed by atoms with Gasteiger partial charge < -0.3 is 15.4 Å². The van der Waals surface area contributed by atoms with Crippen LogP contribution in [0.15, 0.2) is 48.5 Å². The Morgan fingerprint density at radius 1 is 1.10 bits per heavy atom. The fraction of sp³-hybridized carbons (Fsp3) is 0.440. The number of carbonyl (C=O) groups excluding carboxylic acids is 2. The molecule has 0 aromatic heterocycles. The number of rotatable bonds is 6. The summed E-state index contributed by atoms with van der Waals surface area (Å²) in [6.45, 7) is 3.27. The average Bonchev–Trinajstić information content (AvgIpc) is 3.50. The van der Waals surface area contributed by atoms with Gasteiger partial charge in [0, 0.05) is 19.0 Å². The normalized spacial score (nSPS) is 25.6. The van der Waals surface area contributed by atoms with Crippen molar-refractivity contribution in [2.24, 2.45) is 23.0 Å². The fourth-order valence-electron chi connectivity index (χ4n) is 4.64. The van der Waals surface area contributed by atoms with Crippen LogP contribution in [0.4, 0.5) is 0 Å². The molecule has 2 aromatic rings. The number of ether oxygens (including phenoxy) is 1. The highest BCUT2D eigenvalue weighted by molar-refractivity contribution is 5.85. The van der Waals surface area contributed by atoms with E-state index in [0.29, 0.717) is 18.9 Å². The van der Waals surface area contributed by atoms with Gasteiger partial charge in [-0.05, 0) is 60.4 Å². The summed E-state index contributed by atoms with van der Waals surface area (Å²) >= 11 is 0. The maximum Gasteiger partial charge on any atom is 0.225 e. The number of hydrogen-bond donors (Lipinski definition) is 1. The van der Waals surface area contributed by atoms with Crippen LogP contribution in [0, 0.1) is 17.3 Å². The second-order valence-electron chi connectivity index (χ2n) is 8.93. The van der Waals surface area contributed by atoms with Crippen LogP contribution in [0.1, 0.15) is 31.7 Å². The topological polar surface area (TPSA) is 72.6 Å². The molecule has 3 atom stereocenters. The summed E-state index contributed by atoms with van der Waals surface area (Å²) in [4.78, 5) is 27.1. The van der Waals surface area contributed by atoms with Gasteiger partial charge >= 0.3 is 0 Å². The predicted molar refractivity (Wildman–Crippen MR) is 117 cm³/mol. The standard InChI is InChI=1S/C25H30N2O3/c1-17-14-22(17)23(28)27-13-3-12-25(16-27,24(26)29)15-18-4-6-19(7-5-18)20-8-10-21(30-2)11-9-20/h4-11,17,22H,3,12-16H2,1-2H3,(H2,26,29)/t17-,22+,25+/m0/s1. The van der Waals surface area contributed by atoms with E-state index in [4.69, 9.17) is 10.5 Å². The molecule has 5 nitrogen and oxygen atoms in total. The largest absolute Gasteiger partial charge is 0.497 e. The monoisotopic (exact) mass is 406 g/mol. The molecule has 1 heterocycles. The number of carbonyl (C=O) groups is 2. The summed E-state index contributed by atoms with van der Waals surface area (Å²) in [5.74, 6) is 1.33.